The molecule has 0 saturated heterocycles. The summed E-state index contributed by atoms with van der Waals surface area (Å²) in [6.07, 6.45) is 2.34. The van der Waals surface area contributed by atoms with Crippen molar-refractivity contribution in [1.29, 1.82) is 0 Å². The second-order valence-electron chi connectivity index (χ2n) is 8.68. The van der Waals surface area contributed by atoms with Crippen LogP contribution >= 0.6 is 0 Å². The van der Waals surface area contributed by atoms with E-state index in [1.165, 1.54) is 0 Å². The summed E-state index contributed by atoms with van der Waals surface area (Å²) < 4.78 is 5.51. The average molecular weight is 455 g/mol. The first-order chi connectivity index (χ1) is 16.5. The maximum atomic E-state index is 13.6. The summed E-state index contributed by atoms with van der Waals surface area (Å²) in [5, 5.41) is 1.90. The summed E-state index contributed by atoms with van der Waals surface area (Å²) in [7, 11) is 0. The van der Waals surface area contributed by atoms with Crippen molar-refractivity contribution in [1.82, 2.24) is 9.80 Å². The largest absolute Gasteiger partial charge is 0.467 e. The van der Waals surface area contributed by atoms with Crippen LogP contribution in [-0.2, 0) is 17.8 Å². The molecule has 0 spiro atoms. The van der Waals surface area contributed by atoms with Crippen molar-refractivity contribution < 1.29 is 14.0 Å². The molecule has 0 N–H and O–H groups in total. The molecule has 0 fully saturated rings. The van der Waals surface area contributed by atoms with Crippen molar-refractivity contribution in [3.8, 4) is 0 Å². The molecular formula is C29H30N2O3. The lowest BCUT2D eigenvalue weighted by molar-refractivity contribution is -0.133. The highest BCUT2D eigenvalue weighted by molar-refractivity contribution is 6.07. The number of hydrogen-bond acceptors (Lipinski definition) is 3. The monoisotopic (exact) mass is 454 g/mol. The van der Waals surface area contributed by atoms with E-state index in [2.05, 4.69) is 12.1 Å². The number of benzene rings is 3. The molecule has 0 saturated carbocycles. The minimum atomic E-state index is -0.138. The Morgan fingerprint density at radius 1 is 0.853 bits per heavy atom. The second-order valence-corrected chi connectivity index (χ2v) is 8.68. The van der Waals surface area contributed by atoms with Gasteiger partial charge in [-0.1, -0.05) is 66.7 Å². The molecule has 0 aliphatic heterocycles. The molecule has 5 nitrogen and oxygen atoms in total. The van der Waals surface area contributed by atoms with E-state index in [1.807, 2.05) is 86.6 Å². The van der Waals surface area contributed by atoms with E-state index in [9.17, 15) is 9.59 Å². The van der Waals surface area contributed by atoms with Crippen LogP contribution in [0.25, 0.3) is 10.8 Å². The van der Waals surface area contributed by atoms with Crippen molar-refractivity contribution >= 4 is 22.6 Å². The molecule has 174 valence electrons. The van der Waals surface area contributed by atoms with E-state index in [1.54, 1.807) is 16.1 Å². The van der Waals surface area contributed by atoms with Crippen LogP contribution in [0, 0.1) is 0 Å². The second kappa shape index (κ2) is 10.8. The molecule has 0 aliphatic carbocycles. The predicted molar refractivity (Wildman–Crippen MR) is 134 cm³/mol. The highest BCUT2D eigenvalue weighted by atomic mass is 16.3. The summed E-state index contributed by atoms with van der Waals surface area (Å²) in [6.45, 7) is 4.80. The van der Waals surface area contributed by atoms with Crippen LogP contribution < -0.4 is 0 Å². The first kappa shape index (κ1) is 23.3. The van der Waals surface area contributed by atoms with Crippen LogP contribution in [-0.4, -0.2) is 40.7 Å². The van der Waals surface area contributed by atoms with Gasteiger partial charge >= 0.3 is 0 Å². The molecule has 4 aromatic rings. The first-order valence-electron chi connectivity index (χ1n) is 11.7. The Morgan fingerprint density at radius 3 is 2.32 bits per heavy atom. The molecule has 1 aromatic heterocycles. The predicted octanol–water partition coefficient (Wildman–Crippen LogP) is 5.55. The number of carbonyl (C=O) groups excluding carboxylic acids is 2. The molecule has 3 aromatic carbocycles. The topological polar surface area (TPSA) is 53.8 Å². The highest BCUT2D eigenvalue weighted by Gasteiger charge is 2.26. The van der Waals surface area contributed by atoms with Gasteiger partial charge in [-0.2, -0.15) is 0 Å². The van der Waals surface area contributed by atoms with Gasteiger partial charge < -0.3 is 14.2 Å². The lowest BCUT2D eigenvalue weighted by Gasteiger charge is -2.30. The maximum Gasteiger partial charge on any atom is 0.255 e. The van der Waals surface area contributed by atoms with Crippen LogP contribution in [0.1, 0.15) is 35.5 Å². The minimum absolute atomic E-state index is 0.00915. The van der Waals surface area contributed by atoms with Gasteiger partial charge in [-0.05, 0) is 54.8 Å². The SMILES string of the molecule is CC(C)N(CC(=O)N(CCc1ccccc1)Cc1ccco1)C(=O)c1cccc2ccccc12. The molecule has 0 bridgehead atoms. The van der Waals surface area contributed by atoms with Crippen LogP contribution in [0.2, 0.25) is 0 Å². The highest BCUT2D eigenvalue weighted by Crippen LogP contribution is 2.21. The molecule has 34 heavy (non-hydrogen) atoms. The number of hydrogen-bond donors (Lipinski definition) is 0. The molecule has 4 rings (SSSR count). The number of furan rings is 1. The molecule has 0 atom stereocenters. The third-order valence-corrected chi connectivity index (χ3v) is 6.00. The van der Waals surface area contributed by atoms with Gasteiger partial charge in [0.2, 0.25) is 5.91 Å². The fourth-order valence-electron chi connectivity index (χ4n) is 4.09. The third kappa shape index (κ3) is 5.54. The van der Waals surface area contributed by atoms with Gasteiger partial charge in [0, 0.05) is 18.2 Å². The lowest BCUT2D eigenvalue weighted by atomic mass is 10.0. The van der Waals surface area contributed by atoms with Crippen molar-refractivity contribution in [2.45, 2.75) is 32.9 Å². The Bertz CT molecular complexity index is 1230. The van der Waals surface area contributed by atoms with Crippen molar-refractivity contribution in [3.05, 3.63) is 108 Å². The molecule has 2 amide bonds. The molecule has 1 heterocycles. The summed E-state index contributed by atoms with van der Waals surface area (Å²) in [5.74, 6) is 0.480. The van der Waals surface area contributed by atoms with E-state index >= 15 is 0 Å². The zero-order valence-electron chi connectivity index (χ0n) is 19.7. The quantitative estimate of drug-likeness (QED) is 0.333. The maximum absolute atomic E-state index is 13.6. The van der Waals surface area contributed by atoms with Gasteiger partial charge in [0.05, 0.1) is 12.8 Å². The van der Waals surface area contributed by atoms with Gasteiger partial charge in [-0.25, -0.2) is 0 Å². The van der Waals surface area contributed by atoms with Crippen molar-refractivity contribution in [2.75, 3.05) is 13.1 Å². The number of carbonyl (C=O) groups is 2. The third-order valence-electron chi connectivity index (χ3n) is 6.00. The zero-order chi connectivity index (χ0) is 23.9. The number of amides is 2. The Hall–Kier alpha value is -3.86. The van der Waals surface area contributed by atoms with E-state index in [0.717, 1.165) is 28.5 Å². The van der Waals surface area contributed by atoms with Crippen molar-refractivity contribution in [2.24, 2.45) is 0 Å². The molecular weight excluding hydrogens is 424 g/mol. The van der Waals surface area contributed by atoms with Gasteiger partial charge in [0.1, 0.15) is 12.3 Å². The fourth-order valence-corrected chi connectivity index (χ4v) is 4.09. The summed E-state index contributed by atoms with van der Waals surface area (Å²) in [4.78, 5) is 30.5. The molecule has 5 heteroatoms. The summed E-state index contributed by atoms with van der Waals surface area (Å²) in [6, 6.07) is 27.2. The Kier molecular flexibility index (Phi) is 7.43. The van der Waals surface area contributed by atoms with Crippen LogP contribution in [0.15, 0.2) is 95.6 Å². The summed E-state index contributed by atoms with van der Waals surface area (Å²) >= 11 is 0. The van der Waals surface area contributed by atoms with Gasteiger partial charge in [-0.3, -0.25) is 9.59 Å². The van der Waals surface area contributed by atoms with Gasteiger partial charge in [-0.15, -0.1) is 0 Å². The molecule has 0 unspecified atom stereocenters. The first-order valence-corrected chi connectivity index (χ1v) is 11.7. The number of fused-ring (bicyclic) bond motifs is 1. The van der Waals surface area contributed by atoms with E-state index in [-0.39, 0.29) is 24.4 Å². The smallest absolute Gasteiger partial charge is 0.255 e. The van der Waals surface area contributed by atoms with Gasteiger partial charge in [0.15, 0.2) is 0 Å². The zero-order valence-corrected chi connectivity index (χ0v) is 19.7. The molecule has 0 radical (unpaired) electrons. The van der Waals surface area contributed by atoms with E-state index in [4.69, 9.17) is 4.42 Å². The minimum Gasteiger partial charge on any atom is -0.467 e. The average Bonchev–Trinajstić information content (AvgIpc) is 3.38. The van der Waals surface area contributed by atoms with E-state index in [0.29, 0.717) is 18.7 Å². The lowest BCUT2D eigenvalue weighted by Crippen LogP contribution is -2.46. The molecule has 0 aliphatic rings. The van der Waals surface area contributed by atoms with E-state index < -0.39 is 0 Å². The fraction of sp³-hybridized carbons (Fsp3) is 0.241. The van der Waals surface area contributed by atoms with Crippen LogP contribution in [0.4, 0.5) is 0 Å². The Morgan fingerprint density at radius 2 is 1.59 bits per heavy atom. The normalized spacial score (nSPS) is 11.0. The standard InChI is InChI=1S/C29H30N2O3/c1-22(2)31(29(33)27-16-8-13-24-12-6-7-15-26(24)27)21-28(32)30(20-25-14-9-19-34-25)18-17-23-10-4-3-5-11-23/h3-16,19,22H,17-18,20-21H2,1-2H3. The number of rotatable bonds is 9. The Labute approximate surface area is 200 Å². The Balaban J connectivity index is 1.55. The van der Waals surface area contributed by atoms with Crippen molar-refractivity contribution in [3.63, 3.8) is 0 Å². The number of nitrogens with zero attached hydrogens (tertiary/aromatic N) is 2. The van der Waals surface area contributed by atoms with Crippen LogP contribution in [0.5, 0.6) is 0 Å². The van der Waals surface area contributed by atoms with Crippen LogP contribution in [0.3, 0.4) is 0 Å². The van der Waals surface area contributed by atoms with Gasteiger partial charge in [0.25, 0.3) is 5.91 Å². The summed E-state index contributed by atoms with van der Waals surface area (Å²) in [5.41, 5.74) is 1.77.